The molecule has 7 heteroatoms. The highest BCUT2D eigenvalue weighted by Gasteiger charge is 2.13. The van der Waals surface area contributed by atoms with Crippen LogP contribution in [-0.4, -0.2) is 21.9 Å². The zero-order chi connectivity index (χ0) is 12.1. The third-order valence-corrected chi connectivity index (χ3v) is 1.75. The maximum absolute atomic E-state index is 11.0. The molecule has 0 saturated heterocycles. The maximum atomic E-state index is 11.0. The molecule has 0 aliphatic heterocycles. The van der Waals surface area contributed by atoms with Gasteiger partial charge in [0, 0.05) is 5.56 Å². The zero-order valence-corrected chi connectivity index (χ0v) is 7.95. The summed E-state index contributed by atoms with van der Waals surface area (Å²) in [6.45, 7) is -0.242. The summed E-state index contributed by atoms with van der Waals surface area (Å²) in [6.07, 6.45) is 0. The van der Waals surface area contributed by atoms with Crippen LogP contribution in [-0.2, 0) is 16.2 Å². The van der Waals surface area contributed by atoms with E-state index in [9.17, 15) is 19.7 Å². The van der Waals surface area contributed by atoms with Gasteiger partial charge >= 0.3 is 5.97 Å². The van der Waals surface area contributed by atoms with Crippen LogP contribution in [0.4, 0.5) is 0 Å². The highest BCUT2D eigenvalue weighted by molar-refractivity contribution is 6.39. The summed E-state index contributed by atoms with van der Waals surface area (Å²) in [5.74, 6) is -2.57. The van der Waals surface area contributed by atoms with Crippen LogP contribution < -0.4 is 0 Å². The van der Waals surface area contributed by atoms with Crippen LogP contribution in [0.15, 0.2) is 24.3 Å². The van der Waals surface area contributed by atoms with Gasteiger partial charge in [0.1, 0.15) is 6.61 Å². The average molecular weight is 225 g/mol. The summed E-state index contributed by atoms with van der Waals surface area (Å²) in [5.41, 5.74) is 0.482. The number of benzene rings is 1. The first-order valence-corrected chi connectivity index (χ1v) is 4.14. The molecule has 1 N–H and O–H groups in total. The lowest BCUT2D eigenvalue weighted by Gasteiger charge is -2.00. The molecule has 0 aliphatic rings. The second-order valence-electron chi connectivity index (χ2n) is 2.83. The number of Topliss-reactive ketones (excluding diaryl/α,β-unsaturated/α-hetero) is 1. The van der Waals surface area contributed by atoms with E-state index >= 15 is 0 Å². The van der Waals surface area contributed by atoms with Crippen molar-refractivity contribution in [3.8, 4) is 0 Å². The molecule has 1 rings (SSSR count). The van der Waals surface area contributed by atoms with Gasteiger partial charge in [-0.25, -0.2) is 4.79 Å². The van der Waals surface area contributed by atoms with Crippen LogP contribution in [0.5, 0.6) is 0 Å². The van der Waals surface area contributed by atoms with E-state index in [2.05, 4.69) is 4.84 Å². The first-order valence-electron chi connectivity index (χ1n) is 4.14. The fourth-order valence-corrected chi connectivity index (χ4v) is 1.00. The van der Waals surface area contributed by atoms with Gasteiger partial charge in [0.15, 0.2) is 0 Å². The van der Waals surface area contributed by atoms with Crippen molar-refractivity contribution in [2.24, 2.45) is 0 Å². The molecule has 0 spiro atoms. The Morgan fingerprint density at radius 1 is 1.31 bits per heavy atom. The molecule has 84 valence electrons. The summed E-state index contributed by atoms with van der Waals surface area (Å²) >= 11 is 0. The first-order chi connectivity index (χ1) is 7.50. The quantitative estimate of drug-likeness (QED) is 0.341. The second-order valence-corrected chi connectivity index (χ2v) is 2.83. The highest BCUT2D eigenvalue weighted by atomic mass is 16.9. The Bertz CT molecular complexity index is 424. The summed E-state index contributed by atoms with van der Waals surface area (Å²) in [4.78, 5) is 35.3. The fourth-order valence-electron chi connectivity index (χ4n) is 1.00. The minimum Gasteiger partial charge on any atom is -0.475 e. The van der Waals surface area contributed by atoms with Crippen molar-refractivity contribution >= 4 is 11.8 Å². The number of rotatable bonds is 5. The SMILES string of the molecule is O=C(O)C(=O)c1ccc(CO[N+](=O)[O-])cc1. The van der Waals surface area contributed by atoms with E-state index in [4.69, 9.17) is 5.11 Å². The number of carbonyl (C=O) groups excluding carboxylic acids is 1. The molecule has 7 nitrogen and oxygen atoms in total. The molecule has 0 amide bonds. The molecule has 0 fully saturated rings. The van der Waals surface area contributed by atoms with Crippen LogP contribution in [0.25, 0.3) is 0 Å². The predicted octanol–water partition coefficient (Wildman–Crippen LogP) is 0.662. The minimum absolute atomic E-state index is 0.0114. The van der Waals surface area contributed by atoms with E-state index in [1.165, 1.54) is 24.3 Å². The van der Waals surface area contributed by atoms with Crippen molar-refractivity contribution in [3.05, 3.63) is 45.5 Å². The Hall–Kier alpha value is -2.44. The van der Waals surface area contributed by atoms with Crippen LogP contribution in [0, 0.1) is 10.1 Å². The number of nitrogens with zero attached hydrogens (tertiary/aromatic N) is 1. The predicted molar refractivity (Wildman–Crippen MR) is 50.2 cm³/mol. The third kappa shape index (κ3) is 3.05. The average Bonchev–Trinajstić information content (AvgIpc) is 2.26. The van der Waals surface area contributed by atoms with Crippen molar-refractivity contribution < 1.29 is 24.6 Å². The van der Waals surface area contributed by atoms with Crippen LogP contribution >= 0.6 is 0 Å². The van der Waals surface area contributed by atoms with Gasteiger partial charge in [-0.15, -0.1) is 10.1 Å². The number of carboxylic acids is 1. The van der Waals surface area contributed by atoms with Crippen molar-refractivity contribution in [2.75, 3.05) is 0 Å². The Morgan fingerprint density at radius 2 is 1.88 bits per heavy atom. The van der Waals surface area contributed by atoms with Gasteiger partial charge in [-0.1, -0.05) is 24.3 Å². The van der Waals surface area contributed by atoms with Crippen LogP contribution in [0.3, 0.4) is 0 Å². The Kier molecular flexibility index (Phi) is 3.54. The van der Waals surface area contributed by atoms with Crippen molar-refractivity contribution in [3.63, 3.8) is 0 Å². The topological polar surface area (TPSA) is 107 Å². The molecule has 0 radical (unpaired) electrons. The molecule has 0 bridgehead atoms. The second kappa shape index (κ2) is 4.87. The summed E-state index contributed by atoms with van der Waals surface area (Å²) < 4.78 is 0. The van der Waals surface area contributed by atoms with E-state index in [1.807, 2.05) is 0 Å². The smallest absolute Gasteiger partial charge is 0.377 e. The van der Waals surface area contributed by atoms with E-state index in [-0.39, 0.29) is 12.2 Å². The van der Waals surface area contributed by atoms with Crippen molar-refractivity contribution in [2.45, 2.75) is 6.61 Å². The molecule has 1 aromatic carbocycles. The summed E-state index contributed by atoms with van der Waals surface area (Å²) in [6, 6.07) is 5.32. The molecule has 0 unspecified atom stereocenters. The molecule has 16 heavy (non-hydrogen) atoms. The lowest BCUT2D eigenvalue weighted by molar-refractivity contribution is -0.763. The maximum Gasteiger partial charge on any atom is 0.377 e. The number of carbonyl (C=O) groups is 2. The molecule has 0 aliphatic carbocycles. The van der Waals surface area contributed by atoms with E-state index in [0.29, 0.717) is 5.56 Å². The largest absolute Gasteiger partial charge is 0.475 e. The molecule has 0 atom stereocenters. The van der Waals surface area contributed by atoms with Crippen LogP contribution in [0.1, 0.15) is 15.9 Å². The van der Waals surface area contributed by atoms with Gasteiger partial charge in [-0.05, 0) is 5.56 Å². The van der Waals surface area contributed by atoms with Gasteiger partial charge in [0.05, 0.1) is 0 Å². The van der Waals surface area contributed by atoms with Gasteiger partial charge in [0.2, 0.25) is 0 Å². The van der Waals surface area contributed by atoms with E-state index < -0.39 is 16.8 Å². The number of ketones is 1. The van der Waals surface area contributed by atoms with Crippen LogP contribution in [0.2, 0.25) is 0 Å². The monoisotopic (exact) mass is 225 g/mol. The van der Waals surface area contributed by atoms with Crippen molar-refractivity contribution in [1.82, 2.24) is 0 Å². The number of hydrogen-bond acceptors (Lipinski definition) is 5. The van der Waals surface area contributed by atoms with Gasteiger partial charge < -0.3 is 9.94 Å². The van der Waals surface area contributed by atoms with Gasteiger partial charge in [-0.2, -0.15) is 0 Å². The number of aliphatic carboxylic acids is 1. The summed E-state index contributed by atoms with van der Waals surface area (Å²) in [7, 11) is 0. The van der Waals surface area contributed by atoms with Gasteiger partial charge in [0.25, 0.3) is 10.9 Å². The Morgan fingerprint density at radius 3 is 2.31 bits per heavy atom. The Labute approximate surface area is 89.4 Å². The number of carboxylic acid groups (broad SMARTS) is 1. The molecular weight excluding hydrogens is 218 g/mol. The molecule has 0 saturated carbocycles. The summed E-state index contributed by atoms with van der Waals surface area (Å²) in [5, 5.41) is 17.4. The highest BCUT2D eigenvalue weighted by Crippen LogP contribution is 2.06. The fraction of sp³-hybridized carbons (Fsp3) is 0.111. The molecule has 1 aromatic rings. The number of hydrogen-bond donors (Lipinski definition) is 1. The van der Waals surface area contributed by atoms with E-state index in [0.717, 1.165) is 0 Å². The van der Waals surface area contributed by atoms with Gasteiger partial charge in [-0.3, -0.25) is 4.79 Å². The zero-order valence-electron chi connectivity index (χ0n) is 7.95. The molecule has 0 heterocycles. The third-order valence-electron chi connectivity index (χ3n) is 1.75. The lowest BCUT2D eigenvalue weighted by Crippen LogP contribution is -2.12. The van der Waals surface area contributed by atoms with E-state index in [1.54, 1.807) is 0 Å². The standard InChI is InChI=1S/C9H7NO6/c11-8(9(12)13)7-3-1-6(2-4-7)5-16-10(14)15/h1-4H,5H2,(H,12,13). The first kappa shape index (κ1) is 11.6. The molecular formula is C9H7NO6. The Balaban J connectivity index is 2.71. The minimum atomic E-state index is -1.55. The molecule has 0 aromatic heterocycles. The lowest BCUT2D eigenvalue weighted by atomic mass is 10.1. The van der Waals surface area contributed by atoms with Crippen molar-refractivity contribution in [1.29, 1.82) is 0 Å². The normalized spacial score (nSPS) is 9.50.